The minimum absolute atomic E-state index is 0.0379. The lowest BCUT2D eigenvalue weighted by Gasteiger charge is -2.13. The van der Waals surface area contributed by atoms with Crippen molar-refractivity contribution in [2.24, 2.45) is 0 Å². The maximum atomic E-state index is 11.9. The average Bonchev–Trinajstić information content (AvgIpc) is 3.12. The zero-order valence-electron chi connectivity index (χ0n) is 9.82. The molecule has 1 amide bonds. The largest absolute Gasteiger partial charge is 0.461 e. The number of carbonyl (C=O) groups excluding carboxylic acids is 1. The summed E-state index contributed by atoms with van der Waals surface area (Å²) in [5.74, 6) is 0.986. The Morgan fingerprint density at radius 2 is 2.22 bits per heavy atom. The van der Waals surface area contributed by atoms with Gasteiger partial charge in [0.2, 0.25) is 11.7 Å². The van der Waals surface area contributed by atoms with Crippen molar-refractivity contribution < 1.29 is 9.21 Å². The number of hydrogen-bond acceptors (Lipinski definition) is 5. The zero-order valence-corrected chi connectivity index (χ0v) is 9.82. The monoisotopic (exact) mass is 247 g/mol. The number of carbonyl (C=O) groups is 1. The van der Waals surface area contributed by atoms with E-state index in [2.05, 4.69) is 15.4 Å². The lowest BCUT2D eigenvalue weighted by atomic mass is 10.4. The highest BCUT2D eigenvalue weighted by Gasteiger charge is 2.19. The Balaban J connectivity index is 1.68. The second-order valence-electron chi connectivity index (χ2n) is 4.21. The van der Waals surface area contributed by atoms with Crippen molar-refractivity contribution in [3.63, 3.8) is 0 Å². The van der Waals surface area contributed by atoms with Gasteiger partial charge in [-0.2, -0.15) is 4.80 Å². The summed E-state index contributed by atoms with van der Waals surface area (Å²) in [7, 11) is 0. The first kappa shape index (κ1) is 10.9. The number of nitrogens with zero attached hydrogens (tertiary/aromatic N) is 5. The molecule has 3 heterocycles. The molecule has 94 valence electrons. The molecule has 3 rings (SSSR count). The molecule has 7 nitrogen and oxygen atoms in total. The number of rotatable bonds is 3. The summed E-state index contributed by atoms with van der Waals surface area (Å²) in [6.07, 6.45) is 3.70. The van der Waals surface area contributed by atoms with Gasteiger partial charge in [0, 0.05) is 13.1 Å². The summed E-state index contributed by atoms with van der Waals surface area (Å²) < 4.78 is 5.16. The molecule has 0 radical (unpaired) electrons. The van der Waals surface area contributed by atoms with E-state index < -0.39 is 0 Å². The van der Waals surface area contributed by atoms with Gasteiger partial charge in [-0.3, -0.25) is 4.79 Å². The van der Waals surface area contributed by atoms with E-state index >= 15 is 0 Å². The lowest BCUT2D eigenvalue weighted by Crippen LogP contribution is -2.31. The topological polar surface area (TPSA) is 77.0 Å². The van der Waals surface area contributed by atoms with E-state index in [9.17, 15) is 4.79 Å². The van der Waals surface area contributed by atoms with Gasteiger partial charge in [0.05, 0.1) is 6.26 Å². The van der Waals surface area contributed by atoms with Crippen molar-refractivity contribution in [1.82, 2.24) is 25.1 Å². The van der Waals surface area contributed by atoms with Crippen LogP contribution in [0, 0.1) is 0 Å². The predicted molar refractivity (Wildman–Crippen MR) is 61.3 cm³/mol. The van der Waals surface area contributed by atoms with Gasteiger partial charge in [0.15, 0.2) is 5.76 Å². The van der Waals surface area contributed by atoms with Crippen molar-refractivity contribution in [2.45, 2.75) is 19.4 Å². The van der Waals surface area contributed by atoms with Gasteiger partial charge in [-0.05, 0) is 30.2 Å². The Bertz CT molecular complexity index is 527. The van der Waals surface area contributed by atoms with Crippen molar-refractivity contribution >= 4 is 5.91 Å². The molecule has 1 saturated heterocycles. The second kappa shape index (κ2) is 4.59. The summed E-state index contributed by atoms with van der Waals surface area (Å²) in [5.41, 5.74) is 0. The molecule has 0 bridgehead atoms. The average molecular weight is 247 g/mol. The lowest BCUT2D eigenvalue weighted by molar-refractivity contribution is -0.131. The Morgan fingerprint density at radius 1 is 1.39 bits per heavy atom. The van der Waals surface area contributed by atoms with Crippen LogP contribution in [0.1, 0.15) is 12.8 Å². The molecule has 1 aliphatic rings. The van der Waals surface area contributed by atoms with E-state index in [1.807, 2.05) is 4.90 Å². The van der Waals surface area contributed by atoms with Gasteiger partial charge in [0.1, 0.15) is 6.54 Å². The van der Waals surface area contributed by atoms with Crippen LogP contribution in [0.3, 0.4) is 0 Å². The quantitative estimate of drug-likeness (QED) is 0.791. The van der Waals surface area contributed by atoms with Crippen LogP contribution in [0.15, 0.2) is 22.8 Å². The highest BCUT2D eigenvalue weighted by atomic mass is 16.3. The highest BCUT2D eigenvalue weighted by Crippen LogP contribution is 2.13. The number of amides is 1. The molecule has 2 aromatic rings. The molecule has 18 heavy (non-hydrogen) atoms. The van der Waals surface area contributed by atoms with Gasteiger partial charge in [-0.25, -0.2) is 0 Å². The van der Waals surface area contributed by atoms with Gasteiger partial charge in [-0.1, -0.05) is 0 Å². The normalized spacial score (nSPS) is 15.2. The smallest absolute Gasteiger partial charge is 0.246 e. The van der Waals surface area contributed by atoms with E-state index in [1.54, 1.807) is 18.4 Å². The van der Waals surface area contributed by atoms with Crippen LogP contribution < -0.4 is 0 Å². The molecule has 0 saturated carbocycles. The first-order valence-electron chi connectivity index (χ1n) is 5.92. The minimum Gasteiger partial charge on any atom is -0.461 e. The van der Waals surface area contributed by atoms with Crippen LogP contribution in [0.4, 0.5) is 0 Å². The van der Waals surface area contributed by atoms with E-state index in [0.29, 0.717) is 11.6 Å². The molecule has 0 spiro atoms. The van der Waals surface area contributed by atoms with Crippen LogP contribution in [-0.2, 0) is 11.3 Å². The summed E-state index contributed by atoms with van der Waals surface area (Å²) in [5, 5.41) is 11.8. The van der Waals surface area contributed by atoms with Crippen LogP contribution in [0.5, 0.6) is 0 Å². The zero-order chi connectivity index (χ0) is 12.4. The molecule has 0 aliphatic carbocycles. The van der Waals surface area contributed by atoms with Gasteiger partial charge in [-0.15, -0.1) is 10.2 Å². The van der Waals surface area contributed by atoms with Crippen molar-refractivity contribution in [1.29, 1.82) is 0 Å². The van der Waals surface area contributed by atoms with Crippen LogP contribution in [-0.4, -0.2) is 44.1 Å². The molecule has 0 atom stereocenters. The molecular weight excluding hydrogens is 234 g/mol. The third-order valence-electron chi connectivity index (χ3n) is 2.93. The number of hydrogen-bond donors (Lipinski definition) is 0. The fourth-order valence-electron chi connectivity index (χ4n) is 2.00. The number of aromatic nitrogens is 4. The molecular formula is C11H13N5O2. The summed E-state index contributed by atoms with van der Waals surface area (Å²) in [6.45, 7) is 1.80. The van der Waals surface area contributed by atoms with Gasteiger partial charge < -0.3 is 9.32 Å². The fourth-order valence-corrected chi connectivity index (χ4v) is 2.00. The molecule has 1 fully saturated rings. The van der Waals surface area contributed by atoms with Crippen LogP contribution in [0.25, 0.3) is 11.6 Å². The SMILES string of the molecule is O=C(Cn1nnc(-c2ccco2)n1)N1CCCC1. The van der Waals surface area contributed by atoms with Crippen molar-refractivity contribution in [3.05, 3.63) is 18.4 Å². The van der Waals surface area contributed by atoms with Gasteiger partial charge in [0.25, 0.3) is 0 Å². The maximum absolute atomic E-state index is 11.9. The molecule has 1 aliphatic heterocycles. The molecule has 0 unspecified atom stereocenters. The summed E-state index contributed by atoms with van der Waals surface area (Å²) >= 11 is 0. The van der Waals surface area contributed by atoms with Gasteiger partial charge >= 0.3 is 0 Å². The van der Waals surface area contributed by atoms with Crippen LogP contribution >= 0.6 is 0 Å². The maximum Gasteiger partial charge on any atom is 0.246 e. The summed E-state index contributed by atoms with van der Waals surface area (Å²) in [6, 6.07) is 3.51. The number of likely N-dealkylation sites (tertiary alicyclic amines) is 1. The van der Waals surface area contributed by atoms with Crippen molar-refractivity contribution in [3.8, 4) is 11.6 Å². The van der Waals surface area contributed by atoms with E-state index in [1.165, 1.54) is 4.80 Å². The predicted octanol–water partition coefficient (Wildman–Crippen LogP) is 0.555. The van der Waals surface area contributed by atoms with E-state index in [-0.39, 0.29) is 12.5 Å². The second-order valence-corrected chi connectivity index (χ2v) is 4.21. The number of tetrazole rings is 1. The van der Waals surface area contributed by atoms with Crippen molar-refractivity contribution in [2.75, 3.05) is 13.1 Å². The molecule has 7 heteroatoms. The Morgan fingerprint density at radius 3 is 2.94 bits per heavy atom. The molecule has 0 N–H and O–H groups in total. The minimum atomic E-state index is 0.0379. The first-order chi connectivity index (χ1) is 8.83. The first-order valence-corrected chi connectivity index (χ1v) is 5.92. The Hall–Kier alpha value is -2.18. The Kier molecular flexibility index (Phi) is 2.79. The standard InChI is InChI=1S/C11H13N5O2/c17-10(15-5-1-2-6-15)8-16-13-11(12-14-16)9-4-3-7-18-9/h3-4,7H,1-2,5-6,8H2. The van der Waals surface area contributed by atoms with Crippen LogP contribution in [0.2, 0.25) is 0 Å². The number of furan rings is 1. The summed E-state index contributed by atoms with van der Waals surface area (Å²) in [4.78, 5) is 15.0. The van der Waals surface area contributed by atoms with E-state index in [4.69, 9.17) is 4.42 Å². The Labute approximate surface area is 103 Å². The molecule has 2 aromatic heterocycles. The van der Waals surface area contributed by atoms with E-state index in [0.717, 1.165) is 25.9 Å². The fraction of sp³-hybridized carbons (Fsp3) is 0.455. The molecule has 0 aromatic carbocycles. The third-order valence-corrected chi connectivity index (χ3v) is 2.93. The highest BCUT2D eigenvalue weighted by molar-refractivity contribution is 5.76. The third kappa shape index (κ3) is 2.11.